The van der Waals surface area contributed by atoms with E-state index < -0.39 is 28.5 Å². The van der Waals surface area contributed by atoms with Gasteiger partial charge in [-0.3, -0.25) is 19.9 Å². The molecule has 5 aromatic rings. The summed E-state index contributed by atoms with van der Waals surface area (Å²) in [5, 5.41) is 16.4. The lowest BCUT2D eigenvalue weighted by Gasteiger charge is -2.16. The molecule has 204 valence electrons. The third kappa shape index (κ3) is 5.59. The molecule has 2 amide bonds. The molecule has 5 rings (SSSR count). The summed E-state index contributed by atoms with van der Waals surface area (Å²) in [7, 11) is 0. The van der Waals surface area contributed by atoms with Crippen molar-refractivity contribution in [2.24, 2.45) is 0 Å². The molecule has 0 radical (unpaired) electrons. The van der Waals surface area contributed by atoms with Crippen LogP contribution >= 0.6 is 0 Å². The number of urea groups is 1. The predicted octanol–water partition coefficient (Wildman–Crippen LogP) is 7.70. The Kier molecular flexibility index (Phi) is 7.17. The van der Waals surface area contributed by atoms with Gasteiger partial charge in [-0.15, -0.1) is 0 Å². The Morgan fingerprint density at radius 1 is 0.829 bits per heavy atom. The summed E-state index contributed by atoms with van der Waals surface area (Å²) >= 11 is 0. The molecule has 0 unspecified atom stereocenters. The first-order valence-corrected chi connectivity index (χ1v) is 12.1. The highest BCUT2D eigenvalue weighted by atomic mass is 19.4. The van der Waals surface area contributed by atoms with Crippen molar-refractivity contribution >= 4 is 39.8 Å². The Hall–Kier alpha value is -5.58. The number of nitrogens with one attached hydrogen (secondary N) is 2. The van der Waals surface area contributed by atoms with E-state index >= 15 is 0 Å². The van der Waals surface area contributed by atoms with Crippen molar-refractivity contribution in [2.75, 3.05) is 10.6 Å². The van der Waals surface area contributed by atoms with Gasteiger partial charge in [-0.2, -0.15) is 13.2 Å². The van der Waals surface area contributed by atoms with Crippen molar-refractivity contribution in [2.45, 2.75) is 6.18 Å². The standard InChI is InChI=1S/C30H19F3N4O4/c31-30(32,33)23-13-7-12-21-26(22(17-34-27(21)23)28(38)18-8-2-1-3-9-18)19-10-6-11-20(16-19)35-29(39)36-24-14-4-5-15-25(24)37(40)41/h1-17H,(H2,35,36,39). The second kappa shape index (κ2) is 10.9. The fourth-order valence-electron chi connectivity index (χ4n) is 4.46. The average Bonchev–Trinajstić information content (AvgIpc) is 2.96. The van der Waals surface area contributed by atoms with Crippen molar-refractivity contribution in [1.82, 2.24) is 4.98 Å². The van der Waals surface area contributed by atoms with Crippen LogP contribution in [0.15, 0.2) is 103 Å². The van der Waals surface area contributed by atoms with E-state index in [0.717, 1.165) is 12.3 Å². The number of nitrogens with zero attached hydrogens (tertiary/aromatic N) is 2. The minimum Gasteiger partial charge on any atom is -0.308 e. The number of rotatable bonds is 6. The lowest BCUT2D eigenvalue weighted by Crippen LogP contribution is -2.20. The zero-order valence-electron chi connectivity index (χ0n) is 21.0. The summed E-state index contributed by atoms with van der Waals surface area (Å²) in [6.45, 7) is 0. The number of hydrogen-bond acceptors (Lipinski definition) is 5. The fraction of sp³-hybridized carbons (Fsp3) is 0.0333. The first-order valence-electron chi connectivity index (χ1n) is 12.1. The fourth-order valence-corrected chi connectivity index (χ4v) is 4.46. The number of hydrogen-bond donors (Lipinski definition) is 2. The smallest absolute Gasteiger partial charge is 0.308 e. The van der Waals surface area contributed by atoms with Gasteiger partial charge in [0.2, 0.25) is 0 Å². The van der Waals surface area contributed by atoms with Crippen molar-refractivity contribution in [3.63, 3.8) is 0 Å². The van der Waals surface area contributed by atoms with Crippen molar-refractivity contribution in [3.8, 4) is 11.1 Å². The van der Waals surface area contributed by atoms with Crippen LogP contribution in [0, 0.1) is 10.1 Å². The zero-order valence-corrected chi connectivity index (χ0v) is 21.0. The zero-order chi connectivity index (χ0) is 29.1. The molecule has 1 heterocycles. The van der Waals surface area contributed by atoms with Crippen molar-refractivity contribution < 1.29 is 27.7 Å². The number of ketones is 1. The molecule has 0 bridgehead atoms. The SMILES string of the molecule is O=C(Nc1cccc(-c2c(C(=O)c3ccccc3)cnc3c(C(F)(F)F)cccc23)c1)Nc1ccccc1[N+](=O)[O-]. The molecule has 4 aromatic carbocycles. The molecule has 0 spiro atoms. The number of aromatic nitrogens is 1. The van der Waals surface area contributed by atoms with E-state index in [0.29, 0.717) is 11.1 Å². The number of alkyl halides is 3. The lowest BCUT2D eigenvalue weighted by molar-refractivity contribution is -0.383. The van der Waals surface area contributed by atoms with Crippen LogP contribution in [-0.2, 0) is 6.18 Å². The molecule has 2 N–H and O–H groups in total. The summed E-state index contributed by atoms with van der Waals surface area (Å²) in [6, 6.07) is 22.9. The van der Waals surface area contributed by atoms with Gasteiger partial charge < -0.3 is 10.6 Å². The van der Waals surface area contributed by atoms with Gasteiger partial charge in [0.05, 0.1) is 16.0 Å². The first kappa shape index (κ1) is 27.0. The van der Waals surface area contributed by atoms with Crippen LogP contribution in [0.2, 0.25) is 0 Å². The highest BCUT2D eigenvalue weighted by Crippen LogP contribution is 2.39. The molecule has 41 heavy (non-hydrogen) atoms. The van der Waals surface area contributed by atoms with Gasteiger partial charge in [0.1, 0.15) is 5.69 Å². The van der Waals surface area contributed by atoms with Crippen LogP contribution in [0.5, 0.6) is 0 Å². The molecule has 1 aromatic heterocycles. The molecular weight excluding hydrogens is 537 g/mol. The van der Waals surface area contributed by atoms with Gasteiger partial charge in [0.25, 0.3) is 5.69 Å². The minimum absolute atomic E-state index is 0.0262. The second-order valence-electron chi connectivity index (χ2n) is 8.88. The number of nitro groups is 1. The molecule has 0 aliphatic carbocycles. The number of halogens is 3. The second-order valence-corrected chi connectivity index (χ2v) is 8.88. The van der Waals surface area contributed by atoms with Crippen LogP contribution in [0.1, 0.15) is 21.5 Å². The molecule has 8 nitrogen and oxygen atoms in total. The van der Waals surface area contributed by atoms with Crippen molar-refractivity contribution in [1.29, 1.82) is 0 Å². The number of carbonyl (C=O) groups excluding carboxylic acids is 2. The maximum Gasteiger partial charge on any atom is 0.418 e. The Morgan fingerprint density at radius 2 is 1.54 bits per heavy atom. The van der Waals surface area contributed by atoms with Crippen LogP contribution in [0.4, 0.5) is 35.0 Å². The Bertz CT molecular complexity index is 1810. The normalized spacial score (nSPS) is 11.2. The number of anilines is 2. The first-order chi connectivity index (χ1) is 19.6. The van der Waals surface area contributed by atoms with E-state index in [9.17, 15) is 32.9 Å². The number of benzene rings is 4. The molecule has 0 aliphatic rings. The number of nitro benzene ring substituents is 1. The monoisotopic (exact) mass is 556 g/mol. The maximum atomic E-state index is 13.8. The van der Waals surface area contributed by atoms with E-state index in [1.165, 1.54) is 48.5 Å². The Labute approximate surface area is 230 Å². The number of pyridine rings is 1. The molecule has 0 aliphatic heterocycles. The number of fused-ring (bicyclic) bond motifs is 1. The predicted molar refractivity (Wildman–Crippen MR) is 148 cm³/mol. The number of amides is 2. The van der Waals surface area contributed by atoms with Gasteiger partial charge in [-0.05, 0) is 29.8 Å². The molecule has 0 atom stereocenters. The summed E-state index contributed by atoms with van der Waals surface area (Å²) in [4.78, 5) is 40.9. The van der Waals surface area contributed by atoms with E-state index in [2.05, 4.69) is 15.6 Å². The van der Waals surface area contributed by atoms with Gasteiger partial charge >= 0.3 is 12.2 Å². The summed E-state index contributed by atoms with van der Waals surface area (Å²) in [5.74, 6) is -0.445. The van der Waals surface area contributed by atoms with Gasteiger partial charge in [0.15, 0.2) is 5.78 Å². The van der Waals surface area contributed by atoms with Gasteiger partial charge in [-0.1, -0.05) is 66.7 Å². The van der Waals surface area contributed by atoms with E-state index in [-0.39, 0.29) is 39.1 Å². The number of carbonyl (C=O) groups is 2. The average molecular weight is 557 g/mol. The highest BCUT2D eigenvalue weighted by molar-refractivity contribution is 6.17. The summed E-state index contributed by atoms with van der Waals surface area (Å²) in [5.41, 5.74) is -0.429. The lowest BCUT2D eigenvalue weighted by atomic mass is 9.91. The molecule has 11 heteroatoms. The molecule has 0 saturated carbocycles. The molecular formula is C30H19F3N4O4. The van der Waals surface area contributed by atoms with E-state index in [1.54, 1.807) is 42.5 Å². The van der Waals surface area contributed by atoms with Crippen LogP contribution in [-0.4, -0.2) is 21.7 Å². The molecule has 0 saturated heterocycles. The molecule has 0 fully saturated rings. The maximum absolute atomic E-state index is 13.8. The third-order valence-corrected chi connectivity index (χ3v) is 6.24. The largest absolute Gasteiger partial charge is 0.418 e. The number of para-hydroxylation sites is 3. The van der Waals surface area contributed by atoms with Crippen molar-refractivity contribution in [3.05, 3.63) is 130 Å². The third-order valence-electron chi connectivity index (χ3n) is 6.24. The minimum atomic E-state index is -4.68. The van der Waals surface area contributed by atoms with Crippen LogP contribution in [0.25, 0.3) is 22.0 Å². The van der Waals surface area contributed by atoms with E-state index in [4.69, 9.17) is 0 Å². The summed E-state index contributed by atoms with van der Waals surface area (Å²) < 4.78 is 41.5. The topological polar surface area (TPSA) is 114 Å². The van der Waals surface area contributed by atoms with Crippen LogP contribution < -0.4 is 10.6 Å². The summed E-state index contributed by atoms with van der Waals surface area (Å²) in [6.07, 6.45) is -3.56. The highest BCUT2D eigenvalue weighted by Gasteiger charge is 2.34. The van der Waals surface area contributed by atoms with Gasteiger partial charge in [-0.25, -0.2) is 4.79 Å². The Balaban J connectivity index is 1.59. The van der Waals surface area contributed by atoms with Gasteiger partial charge in [0, 0.05) is 40.0 Å². The van der Waals surface area contributed by atoms with Crippen LogP contribution in [0.3, 0.4) is 0 Å². The Morgan fingerprint density at radius 3 is 2.27 bits per heavy atom. The van der Waals surface area contributed by atoms with E-state index in [1.807, 2.05) is 0 Å². The quantitative estimate of drug-likeness (QED) is 0.126.